The van der Waals surface area contributed by atoms with Crippen LogP contribution in [0.1, 0.15) is 37.4 Å². The van der Waals surface area contributed by atoms with Gasteiger partial charge >= 0.3 is 0 Å². The zero-order chi connectivity index (χ0) is 14.2. The van der Waals surface area contributed by atoms with Crippen molar-refractivity contribution in [3.8, 4) is 0 Å². The van der Waals surface area contributed by atoms with Crippen LogP contribution < -0.4 is 0 Å². The number of aryl methyl sites for hydroxylation is 1. The molecule has 1 spiro atoms. The van der Waals surface area contributed by atoms with Crippen LogP contribution in [0, 0.1) is 0 Å². The van der Waals surface area contributed by atoms with Gasteiger partial charge in [-0.2, -0.15) is 5.10 Å². The summed E-state index contributed by atoms with van der Waals surface area (Å²) >= 11 is 0. The smallest absolute Gasteiger partial charge is 0.163 e. The lowest BCUT2D eigenvalue weighted by Crippen LogP contribution is -2.49. The molecule has 112 valence electrons. The first kappa shape index (κ1) is 14.0. The Hall–Kier alpha value is -0.910. The number of methoxy groups -OCH3 is 1. The van der Waals surface area contributed by atoms with Crippen molar-refractivity contribution in [2.45, 2.75) is 44.5 Å². The maximum absolute atomic E-state index is 6.33. The standard InChI is InChI=1S/C15H25N3O2/c1-4-7-18-8-5-15(6-9-18)12-11-16-17(2)13(12)10-14(19-3)20-15/h11,14H,4-10H2,1-3H3/t14-/m1/s1. The van der Waals surface area contributed by atoms with Crippen LogP contribution in [0.2, 0.25) is 0 Å². The largest absolute Gasteiger partial charge is 0.355 e. The van der Waals surface area contributed by atoms with Gasteiger partial charge in [0.25, 0.3) is 0 Å². The monoisotopic (exact) mass is 279 g/mol. The molecule has 0 unspecified atom stereocenters. The van der Waals surface area contributed by atoms with Crippen molar-refractivity contribution < 1.29 is 9.47 Å². The van der Waals surface area contributed by atoms with E-state index in [1.165, 1.54) is 24.2 Å². The minimum atomic E-state index is -0.188. The van der Waals surface area contributed by atoms with Crippen LogP contribution in [0.4, 0.5) is 0 Å². The third-order valence-electron chi connectivity index (χ3n) is 4.74. The van der Waals surface area contributed by atoms with Crippen molar-refractivity contribution in [2.24, 2.45) is 7.05 Å². The van der Waals surface area contributed by atoms with Gasteiger partial charge in [-0.25, -0.2) is 0 Å². The molecule has 0 aromatic carbocycles. The van der Waals surface area contributed by atoms with Gasteiger partial charge < -0.3 is 14.4 Å². The molecule has 0 bridgehead atoms. The second-order valence-corrected chi connectivity index (χ2v) is 5.95. The number of nitrogens with zero attached hydrogens (tertiary/aromatic N) is 3. The maximum atomic E-state index is 6.33. The molecule has 0 radical (unpaired) electrons. The fraction of sp³-hybridized carbons (Fsp3) is 0.800. The molecule has 3 rings (SSSR count). The number of aromatic nitrogens is 2. The Morgan fingerprint density at radius 2 is 2.20 bits per heavy atom. The number of rotatable bonds is 3. The molecule has 1 saturated heterocycles. The average molecular weight is 279 g/mol. The highest BCUT2D eigenvalue weighted by Gasteiger charge is 2.45. The van der Waals surface area contributed by atoms with Gasteiger partial charge in [0.2, 0.25) is 0 Å². The summed E-state index contributed by atoms with van der Waals surface area (Å²) < 4.78 is 13.8. The van der Waals surface area contributed by atoms with Crippen LogP contribution >= 0.6 is 0 Å². The third-order valence-corrected chi connectivity index (χ3v) is 4.74. The predicted octanol–water partition coefficient (Wildman–Crippen LogP) is 1.67. The Labute approximate surface area is 120 Å². The molecule has 2 aliphatic rings. The van der Waals surface area contributed by atoms with Crippen molar-refractivity contribution in [3.05, 3.63) is 17.5 Å². The van der Waals surface area contributed by atoms with E-state index >= 15 is 0 Å². The van der Waals surface area contributed by atoms with Gasteiger partial charge in [0.05, 0.1) is 6.20 Å². The Morgan fingerprint density at radius 3 is 2.85 bits per heavy atom. The van der Waals surface area contributed by atoms with E-state index < -0.39 is 0 Å². The van der Waals surface area contributed by atoms with E-state index in [1.807, 2.05) is 17.9 Å². The van der Waals surface area contributed by atoms with Crippen molar-refractivity contribution in [3.63, 3.8) is 0 Å². The van der Waals surface area contributed by atoms with E-state index in [2.05, 4.69) is 16.9 Å². The van der Waals surface area contributed by atoms with Crippen LogP contribution in [-0.2, 0) is 28.5 Å². The summed E-state index contributed by atoms with van der Waals surface area (Å²) in [5, 5.41) is 4.44. The molecular weight excluding hydrogens is 254 g/mol. The molecule has 3 heterocycles. The van der Waals surface area contributed by atoms with Gasteiger partial charge in [-0.15, -0.1) is 0 Å². The SMILES string of the molecule is CCCN1CCC2(CC1)O[C@@H](OC)Cc1c2cnn1C. The Balaban J connectivity index is 1.85. The van der Waals surface area contributed by atoms with E-state index in [0.717, 1.165) is 32.4 Å². The Morgan fingerprint density at radius 1 is 1.45 bits per heavy atom. The summed E-state index contributed by atoms with van der Waals surface area (Å²) in [5.41, 5.74) is 2.36. The van der Waals surface area contributed by atoms with Gasteiger partial charge in [0, 0.05) is 44.9 Å². The van der Waals surface area contributed by atoms with Gasteiger partial charge in [-0.1, -0.05) is 6.92 Å². The molecule has 5 heteroatoms. The van der Waals surface area contributed by atoms with E-state index in [4.69, 9.17) is 9.47 Å². The molecule has 1 aromatic heterocycles. The van der Waals surface area contributed by atoms with E-state index in [9.17, 15) is 0 Å². The minimum Gasteiger partial charge on any atom is -0.355 e. The molecule has 20 heavy (non-hydrogen) atoms. The Bertz CT molecular complexity index is 464. The molecule has 0 amide bonds. The van der Waals surface area contributed by atoms with Gasteiger partial charge in [-0.3, -0.25) is 4.68 Å². The lowest BCUT2D eigenvalue weighted by molar-refractivity contribution is -0.227. The summed E-state index contributed by atoms with van der Waals surface area (Å²) in [7, 11) is 3.74. The summed E-state index contributed by atoms with van der Waals surface area (Å²) in [6.07, 6.45) is 5.93. The van der Waals surface area contributed by atoms with Crippen molar-refractivity contribution in [1.29, 1.82) is 0 Å². The quantitative estimate of drug-likeness (QED) is 0.844. The number of ether oxygens (including phenoxy) is 2. The van der Waals surface area contributed by atoms with Crippen LogP contribution in [0.3, 0.4) is 0 Å². The number of hydrogen-bond acceptors (Lipinski definition) is 4. The lowest BCUT2D eigenvalue weighted by Gasteiger charge is -2.45. The van der Waals surface area contributed by atoms with Gasteiger partial charge in [-0.05, 0) is 25.8 Å². The molecule has 2 aliphatic heterocycles. The lowest BCUT2D eigenvalue weighted by atomic mass is 9.82. The van der Waals surface area contributed by atoms with E-state index in [1.54, 1.807) is 7.11 Å². The van der Waals surface area contributed by atoms with E-state index in [-0.39, 0.29) is 11.9 Å². The first-order valence-electron chi connectivity index (χ1n) is 7.63. The van der Waals surface area contributed by atoms with Gasteiger partial charge in [0.1, 0.15) is 5.60 Å². The minimum absolute atomic E-state index is 0.143. The Kier molecular flexibility index (Phi) is 3.84. The van der Waals surface area contributed by atoms with Crippen LogP contribution in [0.15, 0.2) is 6.20 Å². The van der Waals surface area contributed by atoms with Crippen molar-refractivity contribution >= 4 is 0 Å². The molecule has 1 fully saturated rings. The first-order chi connectivity index (χ1) is 9.68. The topological polar surface area (TPSA) is 39.5 Å². The molecule has 5 nitrogen and oxygen atoms in total. The highest BCUT2D eigenvalue weighted by atomic mass is 16.7. The van der Waals surface area contributed by atoms with Crippen LogP contribution in [0.25, 0.3) is 0 Å². The second kappa shape index (κ2) is 5.47. The molecule has 0 saturated carbocycles. The highest BCUT2D eigenvalue weighted by Crippen LogP contribution is 2.43. The fourth-order valence-electron chi connectivity index (χ4n) is 3.57. The zero-order valence-corrected chi connectivity index (χ0v) is 12.8. The second-order valence-electron chi connectivity index (χ2n) is 5.95. The highest BCUT2D eigenvalue weighted by molar-refractivity contribution is 5.29. The number of piperidine rings is 1. The normalized spacial score (nSPS) is 25.9. The van der Waals surface area contributed by atoms with Crippen LogP contribution in [-0.4, -0.2) is 47.7 Å². The maximum Gasteiger partial charge on any atom is 0.163 e. The van der Waals surface area contributed by atoms with Crippen molar-refractivity contribution in [1.82, 2.24) is 14.7 Å². The van der Waals surface area contributed by atoms with E-state index in [0.29, 0.717) is 0 Å². The average Bonchev–Trinajstić information content (AvgIpc) is 2.84. The number of likely N-dealkylation sites (tertiary alicyclic amines) is 1. The summed E-state index contributed by atoms with van der Waals surface area (Å²) in [6.45, 7) is 5.61. The summed E-state index contributed by atoms with van der Waals surface area (Å²) in [5.74, 6) is 0. The fourth-order valence-corrected chi connectivity index (χ4v) is 3.57. The third kappa shape index (κ3) is 2.28. The molecule has 1 atom stereocenters. The first-order valence-corrected chi connectivity index (χ1v) is 7.63. The number of fused-ring (bicyclic) bond motifs is 2. The molecule has 1 aromatic rings. The predicted molar refractivity (Wildman–Crippen MR) is 76.4 cm³/mol. The molecular formula is C15H25N3O2. The van der Waals surface area contributed by atoms with Crippen LogP contribution in [0.5, 0.6) is 0 Å². The molecule has 0 aliphatic carbocycles. The summed E-state index contributed by atoms with van der Waals surface area (Å²) in [4.78, 5) is 2.53. The van der Waals surface area contributed by atoms with Crippen molar-refractivity contribution in [2.75, 3.05) is 26.7 Å². The zero-order valence-electron chi connectivity index (χ0n) is 12.8. The molecule has 0 N–H and O–H groups in total. The number of hydrogen-bond donors (Lipinski definition) is 0. The summed E-state index contributed by atoms with van der Waals surface area (Å²) in [6, 6.07) is 0. The van der Waals surface area contributed by atoms with Gasteiger partial charge in [0.15, 0.2) is 6.29 Å².